The van der Waals surface area contributed by atoms with Crippen LogP contribution in [-0.2, 0) is 13.5 Å². The second kappa shape index (κ2) is 4.73. The highest BCUT2D eigenvalue weighted by Gasteiger charge is 2.13. The highest BCUT2D eigenvalue weighted by molar-refractivity contribution is 8.00. The second-order valence-electron chi connectivity index (χ2n) is 3.71. The Morgan fingerprint density at radius 3 is 2.64 bits per heavy atom. The zero-order chi connectivity index (χ0) is 10.7. The lowest BCUT2D eigenvalue weighted by molar-refractivity contribution is 0.681. The molecule has 0 aliphatic heterocycles. The molecule has 0 amide bonds. The van der Waals surface area contributed by atoms with Crippen LogP contribution in [0.3, 0.4) is 0 Å². The predicted octanol–water partition coefficient (Wildman–Crippen LogP) is 2.46. The summed E-state index contributed by atoms with van der Waals surface area (Å²) in [6.45, 7) is 6.47. The van der Waals surface area contributed by atoms with E-state index in [2.05, 4.69) is 25.9 Å². The fourth-order valence-electron chi connectivity index (χ4n) is 1.36. The van der Waals surface area contributed by atoms with Gasteiger partial charge in [0.25, 0.3) is 0 Å². The number of nitrogens with two attached hydrogens (primary N) is 1. The Morgan fingerprint density at radius 2 is 2.14 bits per heavy atom. The van der Waals surface area contributed by atoms with E-state index in [0.29, 0.717) is 5.25 Å². The van der Waals surface area contributed by atoms with Crippen LogP contribution in [0.5, 0.6) is 0 Å². The number of aryl methyl sites for hydroxylation is 2. The Hall–Kier alpha value is -0.640. The van der Waals surface area contributed by atoms with E-state index >= 15 is 0 Å². The zero-order valence-corrected chi connectivity index (χ0v) is 10.2. The first-order valence-electron chi connectivity index (χ1n) is 5.04. The molecule has 1 aromatic heterocycles. The molecule has 4 heteroatoms. The van der Waals surface area contributed by atoms with Crippen LogP contribution < -0.4 is 5.73 Å². The molecule has 0 saturated heterocycles. The van der Waals surface area contributed by atoms with Crippen molar-refractivity contribution in [2.24, 2.45) is 7.05 Å². The Kier molecular flexibility index (Phi) is 3.86. The average molecular weight is 213 g/mol. The molecule has 0 bridgehead atoms. The smallest absolute Gasteiger partial charge is 0.117 e. The van der Waals surface area contributed by atoms with Crippen LogP contribution >= 0.6 is 11.8 Å². The summed E-state index contributed by atoms with van der Waals surface area (Å²) in [5, 5.41) is 6.07. The van der Waals surface area contributed by atoms with Gasteiger partial charge in [-0.05, 0) is 6.42 Å². The van der Waals surface area contributed by atoms with E-state index in [0.717, 1.165) is 29.2 Å². The predicted molar refractivity (Wildman–Crippen MR) is 62.6 cm³/mol. The van der Waals surface area contributed by atoms with Gasteiger partial charge in [-0.2, -0.15) is 5.10 Å². The number of hydrogen-bond donors (Lipinski definition) is 1. The quantitative estimate of drug-likeness (QED) is 0.781. The lowest BCUT2D eigenvalue weighted by atomic mass is 10.2. The van der Waals surface area contributed by atoms with E-state index in [1.54, 1.807) is 11.8 Å². The summed E-state index contributed by atoms with van der Waals surface area (Å²) in [5.74, 6) is 0. The number of anilines is 1. The van der Waals surface area contributed by atoms with Crippen molar-refractivity contribution < 1.29 is 0 Å². The maximum absolute atomic E-state index is 6.03. The summed E-state index contributed by atoms with van der Waals surface area (Å²) in [6.07, 6.45) is 2.06. The highest BCUT2D eigenvalue weighted by atomic mass is 32.2. The topological polar surface area (TPSA) is 43.8 Å². The molecule has 0 radical (unpaired) electrons. The van der Waals surface area contributed by atoms with E-state index < -0.39 is 0 Å². The maximum atomic E-state index is 6.03. The molecule has 0 spiro atoms. The van der Waals surface area contributed by atoms with Crippen LogP contribution in [0.25, 0.3) is 0 Å². The molecule has 0 atom stereocenters. The molecule has 0 fully saturated rings. The van der Waals surface area contributed by atoms with Crippen LogP contribution in [0.4, 0.5) is 5.69 Å². The molecule has 1 heterocycles. The Balaban J connectivity index is 2.92. The second-order valence-corrected chi connectivity index (χ2v) is 5.27. The van der Waals surface area contributed by atoms with Crippen LogP contribution in [0.1, 0.15) is 32.9 Å². The van der Waals surface area contributed by atoms with Crippen molar-refractivity contribution in [3.05, 3.63) is 5.69 Å². The molecule has 0 aliphatic rings. The SMILES string of the molecule is CCCc1nn(C)c(SC(C)C)c1N. The van der Waals surface area contributed by atoms with Gasteiger partial charge in [-0.1, -0.05) is 27.2 Å². The van der Waals surface area contributed by atoms with E-state index in [-0.39, 0.29) is 0 Å². The average Bonchev–Trinajstić information content (AvgIpc) is 2.33. The van der Waals surface area contributed by atoms with Gasteiger partial charge in [0, 0.05) is 12.3 Å². The number of hydrogen-bond acceptors (Lipinski definition) is 3. The van der Waals surface area contributed by atoms with Crippen LogP contribution in [0.15, 0.2) is 5.03 Å². The molecule has 0 unspecified atom stereocenters. The Bertz CT molecular complexity index is 305. The van der Waals surface area contributed by atoms with E-state index in [9.17, 15) is 0 Å². The van der Waals surface area contributed by atoms with Gasteiger partial charge in [-0.15, -0.1) is 11.8 Å². The fourth-order valence-corrected chi connectivity index (χ4v) is 2.25. The summed E-state index contributed by atoms with van der Waals surface area (Å²) in [5.41, 5.74) is 7.94. The largest absolute Gasteiger partial charge is 0.395 e. The Labute approximate surface area is 90.1 Å². The molecule has 1 aromatic rings. The summed E-state index contributed by atoms with van der Waals surface area (Å²) in [6, 6.07) is 0. The third-order valence-electron chi connectivity index (χ3n) is 1.94. The summed E-state index contributed by atoms with van der Waals surface area (Å²) in [4.78, 5) is 0. The molecular formula is C10H19N3S. The number of nitrogen functional groups attached to an aromatic ring is 1. The molecule has 3 nitrogen and oxygen atoms in total. The third-order valence-corrected chi connectivity index (χ3v) is 3.12. The van der Waals surface area contributed by atoms with Crippen molar-refractivity contribution >= 4 is 17.4 Å². The number of nitrogens with zero attached hydrogens (tertiary/aromatic N) is 2. The van der Waals surface area contributed by atoms with Gasteiger partial charge >= 0.3 is 0 Å². The minimum atomic E-state index is 0.544. The van der Waals surface area contributed by atoms with Crippen molar-refractivity contribution in [2.75, 3.05) is 5.73 Å². The number of aromatic nitrogens is 2. The van der Waals surface area contributed by atoms with E-state index in [1.165, 1.54) is 0 Å². The molecule has 0 saturated carbocycles. The molecule has 80 valence electrons. The van der Waals surface area contributed by atoms with Crippen molar-refractivity contribution in [1.82, 2.24) is 9.78 Å². The third kappa shape index (κ3) is 2.44. The standard InChI is InChI=1S/C10H19N3S/c1-5-6-8-9(11)10(13(4)12-8)14-7(2)3/h7H,5-6,11H2,1-4H3. The number of rotatable bonds is 4. The van der Waals surface area contributed by atoms with Gasteiger partial charge in [0.15, 0.2) is 0 Å². The van der Waals surface area contributed by atoms with Gasteiger partial charge in [0.05, 0.1) is 11.4 Å². The van der Waals surface area contributed by atoms with Crippen LogP contribution in [0, 0.1) is 0 Å². The summed E-state index contributed by atoms with van der Waals surface area (Å²) in [7, 11) is 1.96. The minimum absolute atomic E-state index is 0.544. The van der Waals surface area contributed by atoms with Crippen molar-refractivity contribution in [1.29, 1.82) is 0 Å². The van der Waals surface area contributed by atoms with Gasteiger partial charge in [-0.25, -0.2) is 0 Å². The highest BCUT2D eigenvalue weighted by Crippen LogP contribution is 2.30. The molecular weight excluding hydrogens is 194 g/mol. The van der Waals surface area contributed by atoms with Crippen LogP contribution in [-0.4, -0.2) is 15.0 Å². The van der Waals surface area contributed by atoms with Gasteiger partial charge in [-0.3, -0.25) is 4.68 Å². The summed E-state index contributed by atoms with van der Waals surface area (Å²) >= 11 is 1.77. The van der Waals surface area contributed by atoms with Crippen LogP contribution in [0.2, 0.25) is 0 Å². The lowest BCUT2D eigenvalue weighted by Gasteiger charge is -2.05. The Morgan fingerprint density at radius 1 is 1.50 bits per heavy atom. The van der Waals surface area contributed by atoms with Crippen molar-refractivity contribution in [2.45, 2.75) is 43.9 Å². The van der Waals surface area contributed by atoms with Gasteiger partial charge in [0.1, 0.15) is 5.03 Å². The molecule has 14 heavy (non-hydrogen) atoms. The lowest BCUT2D eigenvalue weighted by Crippen LogP contribution is -1.97. The first kappa shape index (κ1) is 11.4. The maximum Gasteiger partial charge on any atom is 0.117 e. The first-order valence-corrected chi connectivity index (χ1v) is 5.92. The van der Waals surface area contributed by atoms with Gasteiger partial charge in [0.2, 0.25) is 0 Å². The summed E-state index contributed by atoms with van der Waals surface area (Å²) < 4.78 is 1.89. The fraction of sp³-hybridized carbons (Fsp3) is 0.700. The van der Waals surface area contributed by atoms with Crippen molar-refractivity contribution in [3.63, 3.8) is 0 Å². The van der Waals surface area contributed by atoms with E-state index in [1.807, 2.05) is 11.7 Å². The molecule has 1 rings (SSSR count). The number of thioether (sulfide) groups is 1. The zero-order valence-electron chi connectivity index (χ0n) is 9.37. The molecule has 0 aliphatic carbocycles. The monoisotopic (exact) mass is 213 g/mol. The minimum Gasteiger partial charge on any atom is -0.395 e. The molecule has 2 N–H and O–H groups in total. The molecule has 0 aromatic carbocycles. The van der Waals surface area contributed by atoms with Crippen molar-refractivity contribution in [3.8, 4) is 0 Å². The first-order chi connectivity index (χ1) is 6.56. The normalized spacial score (nSPS) is 11.2. The van der Waals surface area contributed by atoms with E-state index in [4.69, 9.17) is 5.73 Å². The van der Waals surface area contributed by atoms with Gasteiger partial charge < -0.3 is 5.73 Å².